The Bertz CT molecular complexity index is 705. The molecule has 1 heterocycles. The van der Waals surface area contributed by atoms with Crippen molar-refractivity contribution in [2.45, 2.75) is 0 Å². The smallest absolute Gasteiger partial charge is 0.512 e. The van der Waals surface area contributed by atoms with Crippen LogP contribution in [0.5, 0.6) is 5.75 Å². The predicted molar refractivity (Wildman–Crippen MR) is 72.5 cm³/mol. The van der Waals surface area contributed by atoms with Crippen LogP contribution in [0.1, 0.15) is 0 Å². The van der Waals surface area contributed by atoms with Crippen molar-refractivity contribution in [3.05, 3.63) is 54.8 Å². The van der Waals surface area contributed by atoms with Gasteiger partial charge in [-0.05, 0) is 35.4 Å². The van der Waals surface area contributed by atoms with E-state index in [4.69, 9.17) is 19.1 Å². The van der Waals surface area contributed by atoms with E-state index in [0.717, 1.165) is 22.1 Å². The van der Waals surface area contributed by atoms with Crippen molar-refractivity contribution in [1.29, 1.82) is 0 Å². The van der Waals surface area contributed by atoms with Crippen LogP contribution in [0.3, 0.4) is 0 Å². The summed E-state index contributed by atoms with van der Waals surface area (Å²) in [4.78, 5) is 0. The Kier molecular flexibility index (Phi) is 2.99. The number of furan rings is 1. The molecular formula is C14H11BO4. The minimum absolute atomic E-state index is 0.396. The van der Waals surface area contributed by atoms with E-state index in [1.807, 2.05) is 30.3 Å². The summed E-state index contributed by atoms with van der Waals surface area (Å²) in [5, 5.41) is 18.7. The maximum atomic E-state index is 8.82. The van der Waals surface area contributed by atoms with Gasteiger partial charge in [0.25, 0.3) is 0 Å². The lowest BCUT2D eigenvalue weighted by Crippen LogP contribution is -2.20. The van der Waals surface area contributed by atoms with Gasteiger partial charge in [0, 0.05) is 5.39 Å². The lowest BCUT2D eigenvalue weighted by Gasteiger charge is -2.08. The molecule has 3 aromatic rings. The molecule has 3 rings (SSSR count). The maximum absolute atomic E-state index is 8.82. The monoisotopic (exact) mass is 254 g/mol. The number of hydrogen-bond acceptors (Lipinski definition) is 4. The number of rotatable bonds is 3. The lowest BCUT2D eigenvalue weighted by atomic mass is 10.0. The molecule has 94 valence electrons. The third-order valence-corrected chi connectivity index (χ3v) is 2.88. The third kappa shape index (κ3) is 2.34. The molecule has 19 heavy (non-hydrogen) atoms. The molecule has 0 amide bonds. The van der Waals surface area contributed by atoms with Crippen LogP contribution in [0, 0.1) is 0 Å². The van der Waals surface area contributed by atoms with Crippen LogP contribution < -0.4 is 4.65 Å². The normalized spacial score (nSPS) is 10.6. The Morgan fingerprint density at radius 3 is 2.68 bits per heavy atom. The molecular weight excluding hydrogens is 243 g/mol. The minimum Gasteiger partial charge on any atom is -0.512 e. The van der Waals surface area contributed by atoms with Crippen molar-refractivity contribution in [2.75, 3.05) is 0 Å². The van der Waals surface area contributed by atoms with Crippen molar-refractivity contribution >= 4 is 18.3 Å². The van der Waals surface area contributed by atoms with Gasteiger partial charge in [-0.2, -0.15) is 0 Å². The van der Waals surface area contributed by atoms with Gasteiger partial charge in [-0.15, -0.1) is 0 Å². The summed E-state index contributed by atoms with van der Waals surface area (Å²) in [6.45, 7) is 0. The number of fused-ring (bicyclic) bond motifs is 1. The van der Waals surface area contributed by atoms with Gasteiger partial charge in [0.1, 0.15) is 11.3 Å². The Morgan fingerprint density at radius 2 is 1.84 bits per heavy atom. The topological polar surface area (TPSA) is 62.8 Å². The van der Waals surface area contributed by atoms with Crippen LogP contribution in [0.15, 0.2) is 59.2 Å². The Labute approximate surface area is 110 Å². The van der Waals surface area contributed by atoms with Crippen molar-refractivity contribution in [2.24, 2.45) is 0 Å². The molecule has 0 saturated heterocycles. The molecule has 0 spiro atoms. The molecule has 0 aliphatic heterocycles. The standard InChI is InChI=1S/C14H11BO4/c16-15(17)19-11-4-1-3-10(9-11)12-5-2-6-14-13(12)7-8-18-14/h1-9,16-17H. The second-order valence-corrected chi connectivity index (χ2v) is 4.11. The highest BCUT2D eigenvalue weighted by Crippen LogP contribution is 2.31. The zero-order valence-electron chi connectivity index (χ0n) is 9.98. The van der Waals surface area contributed by atoms with Crippen molar-refractivity contribution < 1.29 is 19.1 Å². The van der Waals surface area contributed by atoms with Gasteiger partial charge >= 0.3 is 7.32 Å². The Balaban J connectivity index is 2.08. The molecule has 0 bridgehead atoms. The summed E-state index contributed by atoms with van der Waals surface area (Å²) in [5.74, 6) is 0.396. The van der Waals surface area contributed by atoms with Crippen LogP contribution in [-0.4, -0.2) is 17.4 Å². The van der Waals surface area contributed by atoms with Gasteiger partial charge in [0.15, 0.2) is 0 Å². The second-order valence-electron chi connectivity index (χ2n) is 4.11. The van der Waals surface area contributed by atoms with E-state index >= 15 is 0 Å². The molecule has 4 nitrogen and oxygen atoms in total. The highest BCUT2D eigenvalue weighted by Gasteiger charge is 2.12. The molecule has 0 radical (unpaired) electrons. The Morgan fingerprint density at radius 1 is 1.00 bits per heavy atom. The fourth-order valence-electron chi connectivity index (χ4n) is 2.10. The summed E-state index contributed by atoms with van der Waals surface area (Å²) in [6.07, 6.45) is 1.64. The molecule has 2 aromatic carbocycles. The summed E-state index contributed by atoms with van der Waals surface area (Å²) in [5.41, 5.74) is 2.74. The molecule has 0 aliphatic rings. The van der Waals surface area contributed by atoms with Gasteiger partial charge in [-0.3, -0.25) is 0 Å². The van der Waals surface area contributed by atoms with Crippen LogP contribution in [0.2, 0.25) is 0 Å². The van der Waals surface area contributed by atoms with Gasteiger partial charge in [0.05, 0.1) is 6.26 Å². The van der Waals surface area contributed by atoms with Crippen LogP contribution >= 0.6 is 0 Å². The van der Waals surface area contributed by atoms with Crippen molar-refractivity contribution in [3.8, 4) is 16.9 Å². The highest BCUT2D eigenvalue weighted by atomic mass is 16.6. The molecule has 0 unspecified atom stereocenters. The van der Waals surface area contributed by atoms with Crippen LogP contribution in [-0.2, 0) is 0 Å². The number of benzene rings is 2. The SMILES string of the molecule is OB(O)Oc1cccc(-c2cccc3occc23)c1. The van der Waals surface area contributed by atoms with E-state index in [1.54, 1.807) is 24.5 Å². The van der Waals surface area contributed by atoms with E-state index < -0.39 is 7.32 Å². The van der Waals surface area contributed by atoms with E-state index in [-0.39, 0.29) is 0 Å². The zero-order valence-corrected chi connectivity index (χ0v) is 9.98. The fraction of sp³-hybridized carbons (Fsp3) is 0. The Hall–Kier alpha value is -2.24. The molecule has 5 heteroatoms. The van der Waals surface area contributed by atoms with Gasteiger partial charge in [0.2, 0.25) is 0 Å². The van der Waals surface area contributed by atoms with E-state index in [1.165, 1.54) is 0 Å². The van der Waals surface area contributed by atoms with Gasteiger partial charge in [-0.1, -0.05) is 24.3 Å². The van der Waals surface area contributed by atoms with Crippen molar-refractivity contribution in [3.63, 3.8) is 0 Å². The third-order valence-electron chi connectivity index (χ3n) is 2.88. The quantitative estimate of drug-likeness (QED) is 0.704. The first-order valence-electron chi connectivity index (χ1n) is 5.83. The largest absolute Gasteiger partial charge is 0.707 e. The molecule has 0 atom stereocenters. The predicted octanol–water partition coefficient (Wildman–Crippen LogP) is 2.45. The molecule has 2 N–H and O–H groups in total. The summed E-state index contributed by atoms with van der Waals surface area (Å²) >= 11 is 0. The molecule has 0 saturated carbocycles. The molecule has 0 aliphatic carbocycles. The first-order valence-corrected chi connectivity index (χ1v) is 5.83. The highest BCUT2D eigenvalue weighted by molar-refractivity contribution is 6.33. The zero-order chi connectivity index (χ0) is 13.2. The van der Waals surface area contributed by atoms with Crippen LogP contribution in [0.25, 0.3) is 22.1 Å². The maximum Gasteiger partial charge on any atom is 0.707 e. The number of hydrogen-bond donors (Lipinski definition) is 2. The van der Waals surface area contributed by atoms with Gasteiger partial charge in [-0.25, -0.2) is 0 Å². The first kappa shape index (κ1) is 11.8. The average Bonchev–Trinajstić information content (AvgIpc) is 2.86. The first-order chi connectivity index (χ1) is 9.24. The second kappa shape index (κ2) is 4.80. The van der Waals surface area contributed by atoms with E-state index in [2.05, 4.69) is 0 Å². The fourth-order valence-corrected chi connectivity index (χ4v) is 2.10. The van der Waals surface area contributed by atoms with Crippen LogP contribution in [0.4, 0.5) is 0 Å². The van der Waals surface area contributed by atoms with Gasteiger partial charge < -0.3 is 19.1 Å². The average molecular weight is 254 g/mol. The minimum atomic E-state index is -1.82. The molecule has 0 fully saturated rings. The van der Waals surface area contributed by atoms with E-state index in [9.17, 15) is 0 Å². The van der Waals surface area contributed by atoms with Crippen molar-refractivity contribution in [1.82, 2.24) is 0 Å². The molecule has 1 aromatic heterocycles. The lowest BCUT2D eigenvalue weighted by molar-refractivity contribution is 0.288. The van der Waals surface area contributed by atoms with E-state index in [0.29, 0.717) is 5.75 Å². The summed E-state index contributed by atoms with van der Waals surface area (Å²) < 4.78 is 10.2. The summed E-state index contributed by atoms with van der Waals surface area (Å²) in [6, 6.07) is 14.8. The summed E-state index contributed by atoms with van der Waals surface area (Å²) in [7, 11) is -1.82.